The van der Waals surface area contributed by atoms with E-state index in [4.69, 9.17) is 11.6 Å². The highest BCUT2D eigenvalue weighted by Gasteiger charge is 2.14. The van der Waals surface area contributed by atoms with E-state index in [-0.39, 0.29) is 23.3 Å². The number of H-pyrrole nitrogens is 1. The van der Waals surface area contributed by atoms with Crippen LogP contribution < -0.4 is 5.56 Å². The lowest BCUT2D eigenvalue weighted by Crippen LogP contribution is -2.19. The van der Waals surface area contributed by atoms with Crippen LogP contribution in [0.4, 0.5) is 0 Å². The summed E-state index contributed by atoms with van der Waals surface area (Å²) < 4.78 is 1.64. The minimum absolute atomic E-state index is 0.149. The SMILES string of the molecule is O=C(Cc1ccc(Cl)cc1)c1cc2c(Br)cc(Br)cc2[nH]c1=O. The molecule has 1 heterocycles. The quantitative estimate of drug-likeness (QED) is 0.557. The lowest BCUT2D eigenvalue weighted by Gasteiger charge is -2.06. The molecule has 0 unspecified atom stereocenters. The molecule has 23 heavy (non-hydrogen) atoms. The highest BCUT2D eigenvalue weighted by molar-refractivity contribution is 9.11. The molecule has 0 atom stereocenters. The van der Waals surface area contributed by atoms with Crippen molar-refractivity contribution in [3.8, 4) is 0 Å². The molecule has 0 saturated carbocycles. The topological polar surface area (TPSA) is 49.9 Å². The van der Waals surface area contributed by atoms with E-state index in [9.17, 15) is 9.59 Å². The van der Waals surface area contributed by atoms with Gasteiger partial charge < -0.3 is 4.98 Å². The molecule has 6 heteroatoms. The molecule has 1 N–H and O–H groups in total. The average molecular weight is 456 g/mol. The Morgan fingerprint density at radius 2 is 1.78 bits per heavy atom. The fraction of sp³-hybridized carbons (Fsp3) is 0.0588. The maximum Gasteiger partial charge on any atom is 0.259 e. The number of fused-ring (bicyclic) bond motifs is 1. The van der Waals surface area contributed by atoms with E-state index in [0.717, 1.165) is 19.9 Å². The van der Waals surface area contributed by atoms with Gasteiger partial charge in [-0.1, -0.05) is 55.6 Å². The summed E-state index contributed by atoms with van der Waals surface area (Å²) in [5.74, 6) is -0.231. The Kier molecular flexibility index (Phi) is 4.71. The third-order valence-corrected chi connectivity index (χ3v) is 4.82. The van der Waals surface area contributed by atoms with Gasteiger partial charge in [-0.25, -0.2) is 0 Å². The summed E-state index contributed by atoms with van der Waals surface area (Å²) in [5.41, 5.74) is 1.24. The summed E-state index contributed by atoms with van der Waals surface area (Å²) in [7, 11) is 0. The van der Waals surface area contributed by atoms with Gasteiger partial charge in [0, 0.05) is 25.8 Å². The van der Waals surface area contributed by atoms with Gasteiger partial charge in [0.25, 0.3) is 5.56 Å². The molecule has 3 aromatic rings. The third-order valence-electron chi connectivity index (χ3n) is 3.45. The lowest BCUT2D eigenvalue weighted by molar-refractivity contribution is 0.0991. The monoisotopic (exact) mass is 453 g/mol. The van der Waals surface area contributed by atoms with E-state index >= 15 is 0 Å². The minimum Gasteiger partial charge on any atom is -0.321 e. The number of rotatable bonds is 3. The number of pyridine rings is 1. The number of aromatic nitrogens is 1. The zero-order valence-corrected chi connectivity index (χ0v) is 15.6. The van der Waals surface area contributed by atoms with Crippen molar-refractivity contribution in [1.82, 2.24) is 4.98 Å². The fourth-order valence-corrected chi connectivity index (χ4v) is 3.79. The number of ketones is 1. The number of hydrogen-bond acceptors (Lipinski definition) is 2. The van der Waals surface area contributed by atoms with Gasteiger partial charge in [0.1, 0.15) is 0 Å². The van der Waals surface area contributed by atoms with E-state index in [0.29, 0.717) is 10.5 Å². The Morgan fingerprint density at radius 1 is 1.09 bits per heavy atom. The molecule has 0 spiro atoms. The van der Waals surface area contributed by atoms with Crippen LogP contribution in [-0.4, -0.2) is 10.8 Å². The summed E-state index contributed by atoms with van der Waals surface area (Å²) in [5, 5.41) is 1.39. The highest BCUT2D eigenvalue weighted by atomic mass is 79.9. The molecule has 2 aromatic carbocycles. The molecule has 0 fully saturated rings. The highest BCUT2D eigenvalue weighted by Crippen LogP contribution is 2.27. The maximum absolute atomic E-state index is 12.5. The predicted molar refractivity (Wildman–Crippen MR) is 99.5 cm³/mol. The first kappa shape index (κ1) is 16.4. The first-order valence-corrected chi connectivity index (χ1v) is 8.70. The fourth-order valence-electron chi connectivity index (χ4n) is 2.32. The van der Waals surface area contributed by atoms with Crippen molar-refractivity contribution in [3.05, 3.63) is 77.9 Å². The van der Waals surface area contributed by atoms with Gasteiger partial charge in [-0.2, -0.15) is 0 Å². The largest absolute Gasteiger partial charge is 0.321 e. The van der Waals surface area contributed by atoms with Gasteiger partial charge in [0.05, 0.1) is 11.1 Å². The Balaban J connectivity index is 2.02. The second kappa shape index (κ2) is 6.59. The number of carbonyl (C=O) groups excluding carboxylic acids is 1. The standard InChI is InChI=1S/C17H10Br2ClNO2/c18-10-6-14(19)12-8-13(17(23)21-15(12)7-10)16(22)5-9-1-3-11(20)4-2-9/h1-4,6-8H,5H2,(H,21,23). The first-order chi connectivity index (χ1) is 10.9. The summed E-state index contributed by atoms with van der Waals surface area (Å²) in [6, 6.07) is 12.3. The molecule has 0 bridgehead atoms. The van der Waals surface area contributed by atoms with Crippen LogP contribution in [0.5, 0.6) is 0 Å². The van der Waals surface area contributed by atoms with E-state index in [2.05, 4.69) is 36.8 Å². The van der Waals surface area contributed by atoms with Crippen LogP contribution in [0.2, 0.25) is 5.02 Å². The van der Waals surface area contributed by atoms with Crippen molar-refractivity contribution in [3.63, 3.8) is 0 Å². The van der Waals surface area contributed by atoms with Crippen LogP contribution in [0.1, 0.15) is 15.9 Å². The van der Waals surface area contributed by atoms with Crippen molar-refractivity contribution >= 4 is 60.1 Å². The molecule has 3 nitrogen and oxygen atoms in total. The summed E-state index contributed by atoms with van der Waals surface area (Å²) in [4.78, 5) is 27.4. The molecule has 0 aliphatic heterocycles. The van der Waals surface area contributed by atoms with Crippen molar-refractivity contribution < 1.29 is 4.79 Å². The molecule has 0 saturated heterocycles. The zero-order valence-electron chi connectivity index (χ0n) is 11.7. The van der Waals surface area contributed by atoms with E-state index in [1.807, 2.05) is 6.07 Å². The van der Waals surface area contributed by atoms with Gasteiger partial charge in [0.2, 0.25) is 0 Å². The van der Waals surface area contributed by atoms with Gasteiger partial charge >= 0.3 is 0 Å². The van der Waals surface area contributed by atoms with Gasteiger partial charge in [-0.3, -0.25) is 9.59 Å². The van der Waals surface area contributed by atoms with Crippen molar-refractivity contribution in [2.45, 2.75) is 6.42 Å². The number of aromatic amines is 1. The van der Waals surface area contributed by atoms with Gasteiger partial charge in [-0.15, -0.1) is 0 Å². The molecule has 0 aliphatic rings. The number of hydrogen-bond donors (Lipinski definition) is 1. The lowest BCUT2D eigenvalue weighted by atomic mass is 10.0. The van der Waals surface area contributed by atoms with Crippen LogP contribution in [0.25, 0.3) is 10.9 Å². The summed E-state index contributed by atoms with van der Waals surface area (Å²) in [6.45, 7) is 0. The van der Waals surface area contributed by atoms with E-state index in [1.54, 1.807) is 36.4 Å². The van der Waals surface area contributed by atoms with Crippen LogP contribution in [0.15, 0.2) is 56.2 Å². The van der Waals surface area contributed by atoms with Crippen LogP contribution >= 0.6 is 43.5 Å². The van der Waals surface area contributed by atoms with Crippen molar-refractivity contribution in [2.24, 2.45) is 0 Å². The molecule has 116 valence electrons. The zero-order chi connectivity index (χ0) is 16.6. The summed E-state index contributed by atoms with van der Waals surface area (Å²) in [6.07, 6.45) is 0.153. The Bertz CT molecular complexity index is 965. The number of halogens is 3. The van der Waals surface area contributed by atoms with Crippen LogP contribution in [-0.2, 0) is 6.42 Å². The molecule has 3 rings (SSSR count). The number of benzene rings is 2. The first-order valence-electron chi connectivity index (χ1n) is 6.74. The van der Waals surface area contributed by atoms with Crippen molar-refractivity contribution in [1.29, 1.82) is 0 Å². The van der Waals surface area contributed by atoms with E-state index < -0.39 is 0 Å². The van der Waals surface area contributed by atoms with Crippen LogP contribution in [0.3, 0.4) is 0 Å². The predicted octanol–water partition coefficient (Wildman–Crippen LogP) is 5.13. The Morgan fingerprint density at radius 3 is 2.48 bits per heavy atom. The molecular weight excluding hydrogens is 445 g/mol. The number of Topliss-reactive ketones (excluding diaryl/α,β-unsaturated/α-hetero) is 1. The second-order valence-corrected chi connectivity index (χ2v) is 7.29. The Hall–Kier alpha value is -1.43. The smallest absolute Gasteiger partial charge is 0.259 e. The Labute approximate surface area is 153 Å². The number of carbonyl (C=O) groups is 1. The molecule has 0 amide bonds. The minimum atomic E-state index is -0.388. The average Bonchev–Trinajstić information content (AvgIpc) is 2.48. The molecule has 0 aliphatic carbocycles. The van der Waals surface area contributed by atoms with Gasteiger partial charge in [0.15, 0.2) is 5.78 Å². The summed E-state index contributed by atoms with van der Waals surface area (Å²) >= 11 is 12.7. The van der Waals surface area contributed by atoms with E-state index in [1.165, 1.54) is 0 Å². The van der Waals surface area contributed by atoms with Crippen LogP contribution in [0, 0.1) is 0 Å². The van der Waals surface area contributed by atoms with Gasteiger partial charge in [-0.05, 0) is 35.9 Å². The normalized spacial score (nSPS) is 10.9. The second-order valence-electron chi connectivity index (χ2n) is 5.09. The maximum atomic E-state index is 12.5. The van der Waals surface area contributed by atoms with Crippen molar-refractivity contribution in [2.75, 3.05) is 0 Å². The molecular formula is C17H10Br2ClNO2. The molecule has 0 radical (unpaired) electrons. The molecule has 1 aromatic heterocycles. The third kappa shape index (κ3) is 3.57. The number of nitrogens with one attached hydrogen (secondary N) is 1.